The van der Waals surface area contributed by atoms with Crippen LogP contribution in [0.1, 0.15) is 11.1 Å². The zero-order valence-electron chi connectivity index (χ0n) is 10.9. The molecule has 1 nitrogen and oxygen atoms in total. The van der Waals surface area contributed by atoms with Crippen LogP contribution in [-0.4, -0.2) is 13.1 Å². The van der Waals surface area contributed by atoms with Gasteiger partial charge in [-0.05, 0) is 55.3 Å². The SMILES string of the molecule is CNC(Cc1cccc(F)c1)Cc1cccc(F)c1. The molecule has 1 N–H and O–H groups in total. The highest BCUT2D eigenvalue weighted by atomic mass is 19.1. The van der Waals surface area contributed by atoms with Crippen LogP contribution in [0.15, 0.2) is 48.5 Å². The summed E-state index contributed by atoms with van der Waals surface area (Å²) in [7, 11) is 1.86. The molecule has 19 heavy (non-hydrogen) atoms. The van der Waals surface area contributed by atoms with Crippen LogP contribution in [-0.2, 0) is 12.8 Å². The number of rotatable bonds is 5. The van der Waals surface area contributed by atoms with Crippen molar-refractivity contribution in [3.63, 3.8) is 0 Å². The second-order valence-corrected chi connectivity index (χ2v) is 4.65. The Morgan fingerprint density at radius 1 is 0.895 bits per heavy atom. The summed E-state index contributed by atoms with van der Waals surface area (Å²) in [6.07, 6.45) is 1.43. The minimum atomic E-state index is -0.224. The summed E-state index contributed by atoms with van der Waals surface area (Å²) in [5.41, 5.74) is 1.88. The maximum atomic E-state index is 13.1. The molecule has 0 aromatic heterocycles. The van der Waals surface area contributed by atoms with Crippen LogP contribution in [0.25, 0.3) is 0 Å². The fourth-order valence-corrected chi connectivity index (χ4v) is 2.17. The Labute approximate surface area is 112 Å². The van der Waals surface area contributed by atoms with Gasteiger partial charge in [-0.25, -0.2) is 8.78 Å². The molecule has 0 amide bonds. The standard InChI is InChI=1S/C16H17F2N/c1-19-16(10-12-4-2-6-14(17)8-12)11-13-5-3-7-15(18)9-13/h2-9,16,19H,10-11H2,1H3. The van der Waals surface area contributed by atoms with Crippen LogP contribution >= 0.6 is 0 Å². The van der Waals surface area contributed by atoms with E-state index in [0.717, 1.165) is 11.1 Å². The Morgan fingerprint density at radius 3 is 1.74 bits per heavy atom. The maximum Gasteiger partial charge on any atom is 0.123 e. The van der Waals surface area contributed by atoms with Gasteiger partial charge in [-0.3, -0.25) is 0 Å². The molecule has 2 rings (SSSR count). The lowest BCUT2D eigenvalue weighted by Crippen LogP contribution is -2.29. The number of benzene rings is 2. The molecule has 0 saturated heterocycles. The van der Waals surface area contributed by atoms with Gasteiger partial charge in [0.05, 0.1) is 0 Å². The van der Waals surface area contributed by atoms with Crippen molar-refractivity contribution < 1.29 is 8.78 Å². The fraction of sp³-hybridized carbons (Fsp3) is 0.250. The summed E-state index contributed by atoms with van der Waals surface area (Å²) in [5, 5.41) is 3.19. The highest BCUT2D eigenvalue weighted by Crippen LogP contribution is 2.11. The van der Waals surface area contributed by atoms with E-state index in [0.29, 0.717) is 12.8 Å². The van der Waals surface area contributed by atoms with E-state index in [9.17, 15) is 8.78 Å². The predicted molar refractivity (Wildman–Crippen MR) is 73.1 cm³/mol. The normalized spacial score (nSPS) is 10.9. The largest absolute Gasteiger partial charge is 0.316 e. The van der Waals surface area contributed by atoms with Crippen molar-refractivity contribution >= 4 is 0 Å². The summed E-state index contributed by atoms with van der Waals surface area (Å²) in [6, 6.07) is 13.3. The topological polar surface area (TPSA) is 12.0 Å². The third kappa shape index (κ3) is 4.14. The Hall–Kier alpha value is -1.74. The molecular formula is C16H17F2N. The molecule has 100 valence electrons. The second kappa shape index (κ2) is 6.43. The smallest absolute Gasteiger partial charge is 0.123 e. The van der Waals surface area contributed by atoms with Crippen molar-refractivity contribution in [1.82, 2.24) is 5.32 Å². The van der Waals surface area contributed by atoms with Crippen LogP contribution in [0, 0.1) is 11.6 Å². The number of halogens is 2. The lowest BCUT2D eigenvalue weighted by Gasteiger charge is -2.16. The van der Waals surface area contributed by atoms with Crippen LogP contribution in [0.3, 0.4) is 0 Å². The first-order valence-electron chi connectivity index (χ1n) is 6.33. The number of likely N-dealkylation sites (N-methyl/N-ethyl adjacent to an activating group) is 1. The summed E-state index contributed by atoms with van der Waals surface area (Å²) in [5.74, 6) is -0.448. The molecule has 0 bridgehead atoms. The summed E-state index contributed by atoms with van der Waals surface area (Å²) in [4.78, 5) is 0. The fourth-order valence-electron chi connectivity index (χ4n) is 2.17. The molecule has 0 aliphatic heterocycles. The van der Waals surface area contributed by atoms with Crippen molar-refractivity contribution in [2.75, 3.05) is 7.05 Å². The van der Waals surface area contributed by atoms with E-state index in [1.54, 1.807) is 12.1 Å². The Bertz CT molecular complexity index is 492. The Kier molecular flexibility index (Phi) is 4.63. The van der Waals surface area contributed by atoms with E-state index in [-0.39, 0.29) is 17.7 Å². The quantitative estimate of drug-likeness (QED) is 0.870. The predicted octanol–water partition coefficient (Wildman–Crippen LogP) is 3.34. The molecule has 0 radical (unpaired) electrons. The second-order valence-electron chi connectivity index (χ2n) is 4.65. The molecule has 3 heteroatoms. The van der Waals surface area contributed by atoms with Gasteiger partial charge in [0, 0.05) is 6.04 Å². The highest BCUT2D eigenvalue weighted by molar-refractivity contribution is 5.21. The van der Waals surface area contributed by atoms with E-state index in [2.05, 4.69) is 5.32 Å². The first kappa shape index (κ1) is 13.7. The molecule has 0 fully saturated rings. The summed E-state index contributed by atoms with van der Waals surface area (Å²) < 4.78 is 26.3. The number of nitrogens with one attached hydrogen (secondary N) is 1. The van der Waals surface area contributed by atoms with Crippen molar-refractivity contribution in [3.8, 4) is 0 Å². The molecule has 0 aliphatic carbocycles. The van der Waals surface area contributed by atoms with E-state index < -0.39 is 0 Å². The summed E-state index contributed by atoms with van der Waals surface area (Å²) in [6.45, 7) is 0. The van der Waals surface area contributed by atoms with Crippen molar-refractivity contribution in [1.29, 1.82) is 0 Å². The Morgan fingerprint density at radius 2 is 1.37 bits per heavy atom. The van der Waals surface area contributed by atoms with Gasteiger partial charge in [-0.1, -0.05) is 24.3 Å². The van der Waals surface area contributed by atoms with Crippen LogP contribution < -0.4 is 5.32 Å². The monoisotopic (exact) mass is 261 g/mol. The average Bonchev–Trinajstić information content (AvgIpc) is 2.38. The number of hydrogen-bond donors (Lipinski definition) is 1. The van der Waals surface area contributed by atoms with Gasteiger partial charge < -0.3 is 5.32 Å². The van der Waals surface area contributed by atoms with Gasteiger partial charge in [-0.15, -0.1) is 0 Å². The minimum Gasteiger partial charge on any atom is -0.316 e. The van der Waals surface area contributed by atoms with Gasteiger partial charge in [0.15, 0.2) is 0 Å². The highest BCUT2D eigenvalue weighted by Gasteiger charge is 2.09. The van der Waals surface area contributed by atoms with Gasteiger partial charge in [0.1, 0.15) is 11.6 Å². The molecule has 2 aromatic rings. The molecule has 0 aliphatic rings. The van der Waals surface area contributed by atoms with Gasteiger partial charge in [0.25, 0.3) is 0 Å². The molecule has 0 heterocycles. The van der Waals surface area contributed by atoms with Crippen molar-refractivity contribution in [2.24, 2.45) is 0 Å². The third-order valence-corrected chi connectivity index (χ3v) is 3.15. The third-order valence-electron chi connectivity index (χ3n) is 3.15. The van der Waals surface area contributed by atoms with Crippen LogP contribution in [0.5, 0.6) is 0 Å². The molecule has 2 aromatic carbocycles. The first-order chi connectivity index (χ1) is 9.17. The molecular weight excluding hydrogens is 244 g/mol. The van der Waals surface area contributed by atoms with Crippen LogP contribution in [0.4, 0.5) is 8.78 Å². The molecule has 0 saturated carbocycles. The lowest BCUT2D eigenvalue weighted by molar-refractivity contribution is 0.549. The first-order valence-corrected chi connectivity index (χ1v) is 6.33. The van der Waals surface area contributed by atoms with Crippen molar-refractivity contribution in [3.05, 3.63) is 71.3 Å². The van der Waals surface area contributed by atoms with Gasteiger partial charge in [0.2, 0.25) is 0 Å². The van der Waals surface area contributed by atoms with E-state index in [1.807, 2.05) is 19.2 Å². The average molecular weight is 261 g/mol. The van der Waals surface area contributed by atoms with Crippen LogP contribution in [0.2, 0.25) is 0 Å². The lowest BCUT2D eigenvalue weighted by atomic mass is 9.99. The molecule has 0 atom stereocenters. The summed E-state index contributed by atoms with van der Waals surface area (Å²) >= 11 is 0. The molecule has 0 unspecified atom stereocenters. The Balaban J connectivity index is 2.04. The molecule has 0 spiro atoms. The van der Waals surface area contributed by atoms with Crippen molar-refractivity contribution in [2.45, 2.75) is 18.9 Å². The minimum absolute atomic E-state index is 0.156. The zero-order valence-corrected chi connectivity index (χ0v) is 10.9. The van der Waals surface area contributed by atoms with E-state index >= 15 is 0 Å². The maximum absolute atomic E-state index is 13.1. The van der Waals surface area contributed by atoms with E-state index in [4.69, 9.17) is 0 Å². The number of hydrogen-bond acceptors (Lipinski definition) is 1. The van der Waals surface area contributed by atoms with Gasteiger partial charge in [-0.2, -0.15) is 0 Å². The zero-order chi connectivity index (χ0) is 13.7. The van der Waals surface area contributed by atoms with Gasteiger partial charge >= 0.3 is 0 Å². The van der Waals surface area contributed by atoms with E-state index in [1.165, 1.54) is 24.3 Å².